The fourth-order valence-electron chi connectivity index (χ4n) is 2.48. The molecule has 0 spiro atoms. The molecule has 1 aliphatic heterocycles. The summed E-state index contributed by atoms with van der Waals surface area (Å²) in [5.41, 5.74) is 2.30. The van der Waals surface area contributed by atoms with E-state index < -0.39 is 5.79 Å². The van der Waals surface area contributed by atoms with Gasteiger partial charge in [-0.1, -0.05) is 48.0 Å². The van der Waals surface area contributed by atoms with Gasteiger partial charge in [0.1, 0.15) is 0 Å². The van der Waals surface area contributed by atoms with E-state index in [4.69, 9.17) is 13.7 Å². The summed E-state index contributed by atoms with van der Waals surface area (Å²) in [4.78, 5) is 1.10. The van der Waals surface area contributed by atoms with Crippen LogP contribution in [0.3, 0.4) is 0 Å². The Labute approximate surface area is 135 Å². The van der Waals surface area contributed by atoms with Crippen molar-refractivity contribution < 1.29 is 13.7 Å². The first-order chi connectivity index (χ1) is 10.8. The van der Waals surface area contributed by atoms with Crippen LogP contribution in [0.25, 0.3) is 0 Å². The van der Waals surface area contributed by atoms with E-state index in [9.17, 15) is 0 Å². The minimum Gasteiger partial charge on any atom is -0.343 e. The molecule has 2 aromatic carbocycles. The standard InChI is InChI=1S/C18H20O3S/c1-15-7-9-17(10-8-15)22-21-12-11-18(19-13-14-20-18)16-5-3-2-4-6-16/h2-10H,11-14H2,1H3. The van der Waals surface area contributed by atoms with Crippen molar-refractivity contribution in [3.63, 3.8) is 0 Å². The lowest BCUT2D eigenvalue weighted by Crippen LogP contribution is -2.28. The first-order valence-corrected chi connectivity index (χ1v) is 8.22. The Morgan fingerprint density at radius 1 is 1.00 bits per heavy atom. The monoisotopic (exact) mass is 316 g/mol. The zero-order valence-electron chi connectivity index (χ0n) is 12.7. The molecule has 0 N–H and O–H groups in total. The second-order valence-corrected chi connectivity index (χ2v) is 6.16. The van der Waals surface area contributed by atoms with Crippen LogP contribution in [-0.4, -0.2) is 19.8 Å². The van der Waals surface area contributed by atoms with Gasteiger partial charge in [-0.05, 0) is 19.1 Å². The third-order valence-electron chi connectivity index (χ3n) is 3.66. The second kappa shape index (κ2) is 7.29. The Bertz CT molecular complexity index is 577. The molecule has 4 heteroatoms. The van der Waals surface area contributed by atoms with E-state index >= 15 is 0 Å². The van der Waals surface area contributed by atoms with Crippen LogP contribution in [0.1, 0.15) is 17.5 Å². The Hall–Kier alpha value is -1.33. The van der Waals surface area contributed by atoms with Crippen LogP contribution >= 0.6 is 12.0 Å². The van der Waals surface area contributed by atoms with Crippen LogP contribution in [0.15, 0.2) is 59.5 Å². The minimum atomic E-state index is -0.658. The average Bonchev–Trinajstić information content (AvgIpc) is 3.04. The fourth-order valence-corrected chi connectivity index (χ4v) is 3.03. The SMILES string of the molecule is Cc1ccc(SOCCC2(c3ccccc3)OCCO2)cc1. The lowest BCUT2D eigenvalue weighted by Gasteiger charge is -2.27. The predicted octanol–water partition coefficient (Wildman–Crippen LogP) is 4.31. The maximum Gasteiger partial charge on any atom is 0.197 e. The number of benzene rings is 2. The van der Waals surface area contributed by atoms with Crippen molar-refractivity contribution in [2.75, 3.05) is 19.8 Å². The number of aryl methyl sites for hydroxylation is 1. The van der Waals surface area contributed by atoms with Crippen LogP contribution in [0.2, 0.25) is 0 Å². The van der Waals surface area contributed by atoms with Gasteiger partial charge < -0.3 is 13.7 Å². The molecule has 1 saturated heterocycles. The van der Waals surface area contributed by atoms with Gasteiger partial charge in [0.05, 0.1) is 19.8 Å². The number of hydrogen-bond acceptors (Lipinski definition) is 4. The summed E-state index contributed by atoms with van der Waals surface area (Å²) < 4.78 is 17.5. The van der Waals surface area contributed by atoms with Crippen molar-refractivity contribution in [2.45, 2.75) is 24.0 Å². The van der Waals surface area contributed by atoms with Crippen LogP contribution in [0, 0.1) is 6.92 Å². The Kier molecular flexibility index (Phi) is 5.16. The van der Waals surface area contributed by atoms with Gasteiger partial charge in [-0.3, -0.25) is 0 Å². The Balaban J connectivity index is 1.55. The van der Waals surface area contributed by atoms with Crippen molar-refractivity contribution in [1.82, 2.24) is 0 Å². The quantitative estimate of drug-likeness (QED) is 0.586. The van der Waals surface area contributed by atoms with Gasteiger partial charge in [0.2, 0.25) is 0 Å². The zero-order valence-corrected chi connectivity index (χ0v) is 13.5. The smallest absolute Gasteiger partial charge is 0.197 e. The van der Waals surface area contributed by atoms with Gasteiger partial charge >= 0.3 is 0 Å². The van der Waals surface area contributed by atoms with E-state index in [1.165, 1.54) is 17.6 Å². The van der Waals surface area contributed by atoms with Crippen molar-refractivity contribution >= 4 is 12.0 Å². The van der Waals surface area contributed by atoms with Crippen LogP contribution in [0.5, 0.6) is 0 Å². The van der Waals surface area contributed by atoms with Crippen LogP contribution in [-0.2, 0) is 19.4 Å². The maximum atomic E-state index is 5.88. The second-order valence-electron chi connectivity index (χ2n) is 5.28. The highest BCUT2D eigenvalue weighted by Gasteiger charge is 2.38. The zero-order chi connectivity index (χ0) is 15.3. The minimum absolute atomic E-state index is 0.563. The van der Waals surface area contributed by atoms with E-state index in [1.807, 2.05) is 30.3 Å². The molecule has 116 valence electrons. The first-order valence-electron chi connectivity index (χ1n) is 7.48. The average molecular weight is 316 g/mol. The largest absolute Gasteiger partial charge is 0.343 e. The molecule has 22 heavy (non-hydrogen) atoms. The molecule has 0 aliphatic carbocycles. The van der Waals surface area contributed by atoms with Gasteiger partial charge in [0.25, 0.3) is 0 Å². The Morgan fingerprint density at radius 3 is 2.36 bits per heavy atom. The highest BCUT2D eigenvalue weighted by Crippen LogP contribution is 2.35. The van der Waals surface area contributed by atoms with E-state index in [-0.39, 0.29) is 0 Å². The third kappa shape index (κ3) is 3.70. The van der Waals surface area contributed by atoms with E-state index in [2.05, 4.69) is 31.2 Å². The summed E-state index contributed by atoms with van der Waals surface area (Å²) >= 11 is 1.40. The molecule has 2 aromatic rings. The molecule has 0 unspecified atom stereocenters. The maximum absolute atomic E-state index is 5.88. The Morgan fingerprint density at radius 2 is 1.68 bits per heavy atom. The molecule has 0 atom stereocenters. The van der Waals surface area contributed by atoms with Crippen LogP contribution in [0.4, 0.5) is 0 Å². The predicted molar refractivity (Wildman–Crippen MR) is 87.6 cm³/mol. The molecule has 1 heterocycles. The summed E-state index contributed by atoms with van der Waals surface area (Å²) in [6.45, 7) is 3.89. The molecule has 1 fully saturated rings. The summed E-state index contributed by atoms with van der Waals surface area (Å²) in [5.74, 6) is -0.658. The number of hydrogen-bond donors (Lipinski definition) is 0. The first kappa shape index (κ1) is 15.6. The van der Waals surface area contributed by atoms with Crippen molar-refractivity contribution in [3.05, 3.63) is 65.7 Å². The molecule has 3 nitrogen and oxygen atoms in total. The molecular weight excluding hydrogens is 296 g/mol. The highest BCUT2D eigenvalue weighted by molar-refractivity contribution is 7.94. The van der Waals surface area contributed by atoms with Gasteiger partial charge in [0, 0.05) is 28.9 Å². The van der Waals surface area contributed by atoms with Gasteiger partial charge in [-0.15, -0.1) is 0 Å². The van der Waals surface area contributed by atoms with Crippen molar-refractivity contribution in [3.8, 4) is 0 Å². The number of rotatable bonds is 6. The molecule has 1 aliphatic rings. The molecule has 0 saturated carbocycles. The molecule has 0 radical (unpaired) electrons. The lowest BCUT2D eigenvalue weighted by molar-refractivity contribution is -0.174. The van der Waals surface area contributed by atoms with Gasteiger partial charge in [0.15, 0.2) is 5.79 Å². The summed E-state index contributed by atoms with van der Waals surface area (Å²) in [6, 6.07) is 18.4. The van der Waals surface area contributed by atoms with Crippen LogP contribution < -0.4 is 0 Å². The summed E-state index contributed by atoms with van der Waals surface area (Å²) in [5, 5.41) is 0. The molecule has 0 amide bonds. The lowest BCUT2D eigenvalue weighted by atomic mass is 10.0. The van der Waals surface area contributed by atoms with Crippen molar-refractivity contribution in [1.29, 1.82) is 0 Å². The van der Waals surface area contributed by atoms with E-state index in [0.717, 1.165) is 10.5 Å². The highest BCUT2D eigenvalue weighted by atomic mass is 32.2. The van der Waals surface area contributed by atoms with Gasteiger partial charge in [-0.25, -0.2) is 0 Å². The van der Waals surface area contributed by atoms with Crippen molar-refractivity contribution in [2.24, 2.45) is 0 Å². The third-order valence-corrected chi connectivity index (χ3v) is 4.41. The molecule has 3 rings (SSSR count). The van der Waals surface area contributed by atoms with E-state index in [0.29, 0.717) is 26.2 Å². The normalized spacial score (nSPS) is 16.8. The fraction of sp³-hybridized carbons (Fsp3) is 0.333. The van der Waals surface area contributed by atoms with Gasteiger partial charge in [-0.2, -0.15) is 0 Å². The summed E-state index contributed by atoms with van der Waals surface area (Å²) in [6.07, 6.45) is 0.676. The number of ether oxygens (including phenoxy) is 2. The topological polar surface area (TPSA) is 27.7 Å². The molecular formula is C18H20O3S. The molecule has 0 aromatic heterocycles. The van der Waals surface area contributed by atoms with E-state index in [1.54, 1.807) is 0 Å². The molecule has 0 bridgehead atoms. The summed E-state index contributed by atoms with van der Waals surface area (Å²) in [7, 11) is 0.